The maximum Gasteiger partial charge on any atom is 0.184 e. The molecule has 6 rings (SSSR count). The smallest absolute Gasteiger partial charge is 0.184 e. The molecule has 5 aliphatic rings. The molecule has 0 aliphatic heterocycles. The maximum atomic E-state index is 15.4. The maximum absolute atomic E-state index is 15.4. The molecule has 1 aromatic carbocycles. The molecule has 5 saturated carbocycles. The fourth-order valence-electron chi connectivity index (χ4n) is 10.2. The molecule has 0 aromatic heterocycles. The van der Waals surface area contributed by atoms with Gasteiger partial charge in [0.25, 0.3) is 0 Å². The third kappa shape index (κ3) is 3.78. The van der Waals surface area contributed by atoms with Crippen molar-refractivity contribution in [1.82, 2.24) is 0 Å². The predicted octanol–water partition coefficient (Wildman–Crippen LogP) is 8.40. The highest BCUT2D eigenvalue weighted by Gasteiger charge is 2.86. The molecule has 6 atom stereocenters. The van der Waals surface area contributed by atoms with Gasteiger partial charge in [-0.3, -0.25) is 19.2 Å². The van der Waals surface area contributed by atoms with Gasteiger partial charge in [0, 0.05) is 5.56 Å². The molecule has 4 nitrogen and oxygen atoms in total. The first-order valence-corrected chi connectivity index (χ1v) is 16.1. The van der Waals surface area contributed by atoms with E-state index in [1.54, 1.807) is 24.3 Å². The highest BCUT2D eigenvalue weighted by Crippen LogP contribution is 2.77. The molecule has 0 heterocycles. The Labute approximate surface area is 252 Å². The summed E-state index contributed by atoms with van der Waals surface area (Å²) >= 11 is 0. The van der Waals surface area contributed by atoms with Gasteiger partial charge in [-0.25, -0.2) is 0 Å². The van der Waals surface area contributed by atoms with E-state index in [1.807, 2.05) is 19.9 Å². The molecular formula is C38H50O4. The van der Waals surface area contributed by atoms with Gasteiger partial charge in [-0.2, -0.15) is 0 Å². The molecule has 226 valence electrons. The summed E-state index contributed by atoms with van der Waals surface area (Å²) in [7, 11) is 0. The quantitative estimate of drug-likeness (QED) is 0.179. The summed E-state index contributed by atoms with van der Waals surface area (Å²) < 4.78 is 0. The number of benzene rings is 1. The lowest BCUT2D eigenvalue weighted by Gasteiger charge is -2.60. The highest BCUT2D eigenvalue weighted by molar-refractivity contribution is 6.42. The van der Waals surface area contributed by atoms with Gasteiger partial charge in [0.05, 0.1) is 10.8 Å². The van der Waals surface area contributed by atoms with Crippen molar-refractivity contribution in [2.45, 2.75) is 101 Å². The van der Waals surface area contributed by atoms with Crippen LogP contribution in [0.5, 0.6) is 0 Å². The van der Waals surface area contributed by atoms with Crippen LogP contribution in [0.1, 0.15) is 111 Å². The van der Waals surface area contributed by atoms with Crippen LogP contribution >= 0.6 is 0 Å². The molecule has 0 amide bonds. The number of carbonyl (C=O) groups is 4. The third-order valence-corrected chi connectivity index (χ3v) is 12.5. The number of rotatable bonds is 8. The Morgan fingerprint density at radius 1 is 0.905 bits per heavy atom. The normalized spacial score (nSPS) is 36.3. The van der Waals surface area contributed by atoms with E-state index in [1.165, 1.54) is 5.57 Å². The lowest BCUT2D eigenvalue weighted by atomic mass is 9.37. The lowest BCUT2D eigenvalue weighted by Crippen LogP contribution is -2.75. The molecule has 5 fully saturated rings. The standard InChI is InChI=1S/C38H50O4/c1-23(2)14-13-15-25(5)18-19-36-21-27-20-29-34(6,7)28(24(3)4)22-37(29,31(36)40)33(42)38(32(36)41,35(27,8)9)30(39)26-16-11-10-12-17-26/h10-12,14,16-18,24,27-29H,13,15,19-22H2,1-9H3/b25-18+/t27-,28-,29+,36-,37+,38-/m0/s1. The molecule has 0 radical (unpaired) electrons. The van der Waals surface area contributed by atoms with E-state index in [2.05, 4.69) is 60.6 Å². The van der Waals surface area contributed by atoms with Crippen molar-refractivity contribution >= 4 is 23.1 Å². The monoisotopic (exact) mass is 570 g/mol. The van der Waals surface area contributed by atoms with Crippen LogP contribution < -0.4 is 0 Å². The second-order valence-corrected chi connectivity index (χ2v) is 15.8. The van der Waals surface area contributed by atoms with Crippen LogP contribution in [0, 0.1) is 50.7 Å². The summed E-state index contributed by atoms with van der Waals surface area (Å²) in [5.41, 5.74) is -2.93. The Kier molecular flexibility index (Phi) is 7.31. The number of Topliss-reactive ketones (excluding diaryl/α,β-unsaturated/α-hetero) is 4. The molecule has 0 N–H and O–H groups in total. The zero-order valence-electron chi connectivity index (χ0n) is 27.2. The van der Waals surface area contributed by atoms with Gasteiger partial charge in [0.1, 0.15) is 0 Å². The Bertz CT molecular complexity index is 1390. The lowest BCUT2D eigenvalue weighted by molar-refractivity contribution is -0.181. The van der Waals surface area contributed by atoms with Crippen LogP contribution in [0.15, 0.2) is 53.6 Å². The molecule has 1 aromatic rings. The minimum atomic E-state index is -1.87. The van der Waals surface area contributed by atoms with Crippen molar-refractivity contribution in [3.63, 3.8) is 0 Å². The van der Waals surface area contributed by atoms with Crippen LogP contribution in [0.4, 0.5) is 0 Å². The van der Waals surface area contributed by atoms with Crippen LogP contribution in [0.2, 0.25) is 0 Å². The van der Waals surface area contributed by atoms with E-state index >= 15 is 14.4 Å². The Hall–Kier alpha value is -2.62. The van der Waals surface area contributed by atoms with Crippen LogP contribution in [-0.4, -0.2) is 23.1 Å². The van der Waals surface area contributed by atoms with Crippen molar-refractivity contribution in [3.8, 4) is 0 Å². The van der Waals surface area contributed by atoms with Crippen molar-refractivity contribution in [3.05, 3.63) is 59.2 Å². The number of ketones is 4. The Morgan fingerprint density at radius 2 is 1.55 bits per heavy atom. The summed E-state index contributed by atoms with van der Waals surface area (Å²) in [6.45, 7) is 19.0. The van der Waals surface area contributed by atoms with Gasteiger partial charge in [0.2, 0.25) is 0 Å². The average Bonchev–Trinajstić information content (AvgIpc) is 3.07. The largest absolute Gasteiger partial charge is 0.297 e. The van der Waals surface area contributed by atoms with E-state index < -0.39 is 33.2 Å². The van der Waals surface area contributed by atoms with E-state index in [0.717, 1.165) is 18.4 Å². The molecule has 0 unspecified atom stereocenters. The number of allylic oxidation sites excluding steroid dienone is 4. The number of hydrogen-bond acceptors (Lipinski definition) is 4. The van der Waals surface area contributed by atoms with Crippen LogP contribution in [0.3, 0.4) is 0 Å². The van der Waals surface area contributed by atoms with Crippen molar-refractivity contribution in [2.75, 3.05) is 0 Å². The summed E-state index contributed by atoms with van der Waals surface area (Å²) in [6, 6.07) is 8.86. The van der Waals surface area contributed by atoms with Gasteiger partial charge in [-0.15, -0.1) is 0 Å². The zero-order valence-corrected chi connectivity index (χ0v) is 27.2. The van der Waals surface area contributed by atoms with Crippen molar-refractivity contribution in [2.24, 2.45) is 50.7 Å². The van der Waals surface area contributed by atoms with E-state index in [9.17, 15) is 4.79 Å². The van der Waals surface area contributed by atoms with E-state index in [4.69, 9.17) is 0 Å². The summed E-state index contributed by atoms with van der Waals surface area (Å²) in [4.78, 5) is 60.7. The highest BCUT2D eigenvalue weighted by atomic mass is 16.2. The first kappa shape index (κ1) is 30.8. The topological polar surface area (TPSA) is 68.3 Å². The van der Waals surface area contributed by atoms with Gasteiger partial charge in [-0.1, -0.05) is 95.2 Å². The minimum Gasteiger partial charge on any atom is -0.297 e. The first-order chi connectivity index (χ1) is 19.5. The molecule has 5 aliphatic carbocycles. The SMILES string of the molecule is CC(C)=CCC/C(C)=C/C[C@]12C[C@@H]3C[C@@H]4C(C)(C)[C@H](C(C)C)C[C@@]4(C1=O)C(=O)[C@](C(=O)c1ccccc1)(C2=O)C3(C)C. The van der Waals surface area contributed by atoms with Crippen molar-refractivity contribution < 1.29 is 19.2 Å². The molecule has 4 bridgehead atoms. The van der Waals surface area contributed by atoms with E-state index in [-0.39, 0.29) is 47.1 Å². The first-order valence-electron chi connectivity index (χ1n) is 16.1. The molecule has 1 spiro atoms. The molecule has 0 saturated heterocycles. The van der Waals surface area contributed by atoms with Gasteiger partial charge < -0.3 is 0 Å². The Morgan fingerprint density at radius 3 is 2.14 bits per heavy atom. The van der Waals surface area contributed by atoms with E-state index in [0.29, 0.717) is 24.8 Å². The fraction of sp³-hybridized carbons (Fsp3) is 0.632. The Balaban J connectivity index is 1.77. The summed E-state index contributed by atoms with van der Waals surface area (Å²) in [6.07, 6.45) is 7.86. The molecular weight excluding hydrogens is 520 g/mol. The van der Waals surface area contributed by atoms with Gasteiger partial charge >= 0.3 is 0 Å². The second kappa shape index (κ2) is 9.96. The second-order valence-electron chi connectivity index (χ2n) is 15.8. The molecule has 4 heteroatoms. The minimum absolute atomic E-state index is 0.102. The van der Waals surface area contributed by atoms with Crippen LogP contribution in [-0.2, 0) is 14.4 Å². The van der Waals surface area contributed by atoms with Crippen LogP contribution in [0.25, 0.3) is 0 Å². The summed E-state index contributed by atoms with van der Waals surface area (Å²) in [5, 5.41) is 0. The van der Waals surface area contributed by atoms with Crippen molar-refractivity contribution in [1.29, 1.82) is 0 Å². The average molecular weight is 571 g/mol. The predicted molar refractivity (Wildman–Crippen MR) is 167 cm³/mol. The van der Waals surface area contributed by atoms with Gasteiger partial charge in [-0.05, 0) is 93.8 Å². The third-order valence-electron chi connectivity index (χ3n) is 12.5. The number of hydrogen-bond donors (Lipinski definition) is 0. The molecule has 42 heavy (non-hydrogen) atoms. The number of carbonyl (C=O) groups excluding carboxylic acids is 4. The fourth-order valence-corrected chi connectivity index (χ4v) is 10.2. The summed E-state index contributed by atoms with van der Waals surface area (Å²) in [5.74, 6) is -1.26. The van der Waals surface area contributed by atoms with Gasteiger partial charge in [0.15, 0.2) is 28.5 Å². The zero-order chi connectivity index (χ0) is 31.0.